The first-order valence-electron chi connectivity index (χ1n) is 10.4. The Morgan fingerprint density at radius 2 is 2.00 bits per heavy atom. The van der Waals surface area contributed by atoms with Crippen molar-refractivity contribution in [2.24, 2.45) is 10.7 Å². The second kappa shape index (κ2) is 11.6. The van der Waals surface area contributed by atoms with Crippen LogP contribution in [-0.2, 0) is 19.5 Å². The van der Waals surface area contributed by atoms with Crippen molar-refractivity contribution >= 4 is 27.1 Å². The summed E-state index contributed by atoms with van der Waals surface area (Å²) in [5, 5.41) is -0.648. The molecule has 180 valence electrons. The zero-order valence-corrected chi connectivity index (χ0v) is 20.2. The van der Waals surface area contributed by atoms with Crippen LogP contribution < -0.4 is 16.2 Å². The van der Waals surface area contributed by atoms with E-state index >= 15 is 0 Å². The van der Waals surface area contributed by atoms with Crippen LogP contribution in [0.5, 0.6) is 0 Å². The molecule has 0 unspecified atom stereocenters. The topological polar surface area (TPSA) is 132 Å². The van der Waals surface area contributed by atoms with E-state index in [1.165, 1.54) is 19.5 Å². The van der Waals surface area contributed by atoms with Gasteiger partial charge in [-0.3, -0.25) is 4.72 Å². The van der Waals surface area contributed by atoms with Crippen LogP contribution in [0.2, 0.25) is 0 Å². The molecule has 0 aliphatic carbocycles. The molecule has 1 aliphatic heterocycles. The average molecular weight is 476 g/mol. The molecule has 10 heteroatoms. The van der Waals surface area contributed by atoms with Gasteiger partial charge in [0.15, 0.2) is 0 Å². The van der Waals surface area contributed by atoms with Crippen molar-refractivity contribution in [3.05, 3.63) is 72.4 Å². The molecule has 1 saturated heterocycles. The number of methoxy groups -OCH3 is 1. The largest absolute Gasteiger partial charge is 0.495 e. The van der Waals surface area contributed by atoms with E-state index in [2.05, 4.69) is 27.8 Å². The number of nitrogens with one attached hydrogen (secondary N) is 1. The lowest BCUT2D eigenvalue weighted by molar-refractivity contribution is 0.0683. The first-order valence-corrected chi connectivity index (χ1v) is 12.0. The summed E-state index contributed by atoms with van der Waals surface area (Å²) in [5.41, 5.74) is 14.9. The summed E-state index contributed by atoms with van der Waals surface area (Å²) in [6, 6.07) is 5.40. The highest BCUT2D eigenvalue weighted by molar-refractivity contribution is 7.90. The third kappa shape index (κ3) is 6.62. The molecular formula is C23H33N5O4S. The molecule has 0 atom stereocenters. The third-order valence-corrected chi connectivity index (χ3v) is 6.80. The van der Waals surface area contributed by atoms with Gasteiger partial charge in [0.1, 0.15) is 11.6 Å². The Hall–Kier alpha value is -3.24. The maximum atomic E-state index is 12.4. The van der Waals surface area contributed by atoms with Gasteiger partial charge in [0.25, 0.3) is 0 Å². The minimum Gasteiger partial charge on any atom is -0.495 e. The lowest BCUT2D eigenvalue weighted by Crippen LogP contribution is -2.41. The van der Waals surface area contributed by atoms with Gasteiger partial charge >= 0.3 is 0 Å². The van der Waals surface area contributed by atoms with Crippen LogP contribution in [0.25, 0.3) is 5.57 Å². The summed E-state index contributed by atoms with van der Waals surface area (Å²) >= 11 is 0. The fourth-order valence-corrected chi connectivity index (χ4v) is 3.76. The normalized spacial score (nSPS) is 16.0. The Balaban J connectivity index is 2.53. The summed E-state index contributed by atoms with van der Waals surface area (Å²) in [4.78, 5) is 6.54. The van der Waals surface area contributed by atoms with Crippen LogP contribution >= 0.6 is 0 Å². The number of hydrogen-bond donors (Lipinski definition) is 3. The van der Waals surface area contributed by atoms with Crippen molar-refractivity contribution in [2.75, 3.05) is 39.1 Å². The predicted molar refractivity (Wildman–Crippen MR) is 134 cm³/mol. The number of ether oxygens (including phenoxy) is 2. The molecule has 0 amide bonds. The first kappa shape index (κ1) is 26.0. The molecule has 0 spiro atoms. The Morgan fingerprint density at radius 1 is 1.33 bits per heavy atom. The summed E-state index contributed by atoms with van der Waals surface area (Å²) < 4.78 is 38.0. The van der Waals surface area contributed by atoms with Gasteiger partial charge in [0.05, 0.1) is 31.3 Å². The van der Waals surface area contributed by atoms with Gasteiger partial charge in [-0.2, -0.15) is 0 Å². The summed E-state index contributed by atoms with van der Waals surface area (Å²) in [6.07, 6.45) is 4.42. The van der Waals surface area contributed by atoms with E-state index in [0.717, 1.165) is 0 Å². The molecule has 1 heterocycles. The third-order valence-electron chi connectivity index (χ3n) is 5.05. The van der Waals surface area contributed by atoms with Crippen LogP contribution in [0.1, 0.15) is 25.0 Å². The van der Waals surface area contributed by atoms with E-state index in [4.69, 9.17) is 20.9 Å². The van der Waals surface area contributed by atoms with E-state index in [9.17, 15) is 8.42 Å². The Labute approximate surface area is 196 Å². The molecule has 1 aromatic carbocycles. The number of morpholine rings is 1. The predicted octanol–water partition coefficient (Wildman–Crippen LogP) is 2.16. The van der Waals surface area contributed by atoms with Crippen molar-refractivity contribution in [3.63, 3.8) is 0 Å². The molecule has 33 heavy (non-hydrogen) atoms. The number of aliphatic imine (C=N–C) groups is 1. The monoisotopic (exact) mass is 475 g/mol. The van der Waals surface area contributed by atoms with Crippen LogP contribution in [0, 0.1) is 0 Å². The Bertz CT molecular complexity index is 1070. The molecule has 0 radical (unpaired) electrons. The van der Waals surface area contributed by atoms with Crippen LogP contribution in [0.4, 0.5) is 5.69 Å². The Kier molecular flexibility index (Phi) is 9.12. The molecule has 5 N–H and O–H groups in total. The number of sulfonamides is 1. The van der Waals surface area contributed by atoms with Gasteiger partial charge in [0.2, 0.25) is 10.0 Å². The van der Waals surface area contributed by atoms with Gasteiger partial charge in [0, 0.05) is 36.7 Å². The second-order valence-electron chi connectivity index (χ2n) is 7.54. The van der Waals surface area contributed by atoms with Crippen LogP contribution in [0.3, 0.4) is 0 Å². The molecule has 1 aromatic rings. The highest BCUT2D eigenvalue weighted by Gasteiger charge is 2.21. The number of amidine groups is 1. The van der Waals surface area contributed by atoms with Crippen LogP contribution in [0.15, 0.2) is 66.3 Å². The second-order valence-corrected chi connectivity index (χ2v) is 9.78. The van der Waals surface area contributed by atoms with E-state index in [1.807, 2.05) is 6.07 Å². The van der Waals surface area contributed by atoms with Gasteiger partial charge in [-0.1, -0.05) is 19.2 Å². The maximum Gasteiger partial charge on any atom is 0.235 e. The zero-order valence-electron chi connectivity index (χ0n) is 19.4. The van der Waals surface area contributed by atoms with E-state index in [1.54, 1.807) is 32.1 Å². The summed E-state index contributed by atoms with van der Waals surface area (Å²) in [7, 11) is -2.22. The highest BCUT2D eigenvalue weighted by atomic mass is 32.2. The number of rotatable bonds is 9. The van der Waals surface area contributed by atoms with Crippen molar-refractivity contribution in [2.45, 2.75) is 19.1 Å². The molecule has 0 saturated carbocycles. The molecule has 9 nitrogen and oxygen atoms in total. The highest BCUT2D eigenvalue weighted by Crippen LogP contribution is 2.25. The standard InChI is InChI=1S/C23H33N5O4S/c1-6-26-23(28-9-11-32-12-10-28)20-13-18(7-8-21(20)25)19(15-24)14-22(17(4)31-5)27-33(29,30)16(2)3/h6-8,13-16,27H,1,4,9-12,24-25H2,2-3,5H3/b19-15+,22-14+,26-23+. The van der Waals surface area contributed by atoms with Gasteiger partial charge in [-0.15, -0.1) is 0 Å². The molecule has 1 aliphatic rings. The number of nitrogen functional groups attached to an aromatic ring is 1. The van der Waals surface area contributed by atoms with Gasteiger partial charge in [-0.05, 0) is 43.2 Å². The molecular weight excluding hydrogens is 442 g/mol. The fourth-order valence-electron chi connectivity index (χ4n) is 3.04. The lowest BCUT2D eigenvalue weighted by Gasteiger charge is -2.30. The maximum absolute atomic E-state index is 12.4. The number of allylic oxidation sites excluding steroid dienone is 2. The zero-order chi connectivity index (χ0) is 24.6. The number of nitrogens with zero attached hydrogens (tertiary/aromatic N) is 2. The molecule has 2 rings (SSSR count). The number of benzene rings is 1. The van der Waals surface area contributed by atoms with E-state index in [0.29, 0.717) is 54.5 Å². The summed E-state index contributed by atoms with van der Waals surface area (Å²) in [5.74, 6) is 0.825. The van der Waals surface area contributed by atoms with Crippen molar-refractivity contribution in [1.82, 2.24) is 9.62 Å². The van der Waals surface area contributed by atoms with Crippen LogP contribution in [-0.4, -0.2) is 57.8 Å². The smallest absolute Gasteiger partial charge is 0.235 e. The van der Waals surface area contributed by atoms with E-state index in [-0.39, 0.29) is 11.5 Å². The quantitative estimate of drug-likeness (QED) is 0.164. The molecule has 1 fully saturated rings. The van der Waals surface area contributed by atoms with Crippen molar-refractivity contribution < 1.29 is 17.9 Å². The van der Waals surface area contributed by atoms with E-state index < -0.39 is 15.3 Å². The number of hydrogen-bond acceptors (Lipinski definition) is 7. The minimum absolute atomic E-state index is 0.150. The number of anilines is 1. The molecule has 0 bridgehead atoms. The SMILES string of the molecule is C=C/N=C(\c1cc(C(/C=C(/NS(=O)(=O)C(C)C)C(=C)OC)=C/N)ccc1N)N1CCOCC1. The molecule has 0 aromatic heterocycles. The van der Waals surface area contributed by atoms with Crippen molar-refractivity contribution in [1.29, 1.82) is 0 Å². The number of nitrogens with two attached hydrogens (primary N) is 2. The minimum atomic E-state index is -3.63. The van der Waals surface area contributed by atoms with Crippen molar-refractivity contribution in [3.8, 4) is 0 Å². The Morgan fingerprint density at radius 3 is 2.55 bits per heavy atom. The average Bonchev–Trinajstić information content (AvgIpc) is 2.80. The fraction of sp³-hybridized carbons (Fsp3) is 0.348. The first-order chi connectivity index (χ1) is 15.6. The van der Waals surface area contributed by atoms with Gasteiger partial charge in [-0.25, -0.2) is 13.4 Å². The van der Waals surface area contributed by atoms with Gasteiger partial charge < -0.3 is 25.8 Å². The summed E-state index contributed by atoms with van der Waals surface area (Å²) in [6.45, 7) is 13.2. The lowest BCUT2D eigenvalue weighted by atomic mass is 10.00.